The van der Waals surface area contributed by atoms with Gasteiger partial charge in [-0.05, 0) is 24.9 Å². The van der Waals surface area contributed by atoms with Gasteiger partial charge in [-0.25, -0.2) is 0 Å². The first kappa shape index (κ1) is 11.6. The molecule has 0 saturated carbocycles. The van der Waals surface area contributed by atoms with Crippen molar-refractivity contribution in [2.24, 2.45) is 0 Å². The number of hydrogen-bond acceptors (Lipinski definition) is 3. The van der Waals surface area contributed by atoms with Crippen LogP contribution < -0.4 is 0 Å². The van der Waals surface area contributed by atoms with Crippen LogP contribution in [0.1, 0.15) is 25.7 Å². The standard InChI is InChI=1S/C11H22O3Si/c1(5-12-9-11-10-13-11)3-7-15-8-4-2-6-14-15/h11,15H,1-10H2. The summed E-state index contributed by atoms with van der Waals surface area (Å²) < 4.78 is 16.4. The first-order valence-corrected chi connectivity index (χ1v) is 8.36. The fraction of sp³-hybridized carbons (Fsp3) is 1.00. The summed E-state index contributed by atoms with van der Waals surface area (Å²) in [6, 6.07) is 2.75. The quantitative estimate of drug-likeness (QED) is 0.379. The predicted octanol–water partition coefficient (Wildman–Crippen LogP) is 1.72. The van der Waals surface area contributed by atoms with Gasteiger partial charge in [0.15, 0.2) is 9.04 Å². The van der Waals surface area contributed by atoms with Gasteiger partial charge in [0.1, 0.15) is 6.10 Å². The Kier molecular flexibility index (Phi) is 5.12. The second-order valence-electron chi connectivity index (χ2n) is 4.51. The average Bonchev–Trinajstić information content (AvgIpc) is 3.09. The summed E-state index contributed by atoms with van der Waals surface area (Å²) in [5.74, 6) is 0. The molecule has 3 nitrogen and oxygen atoms in total. The van der Waals surface area contributed by atoms with E-state index in [-0.39, 0.29) is 0 Å². The molecule has 15 heavy (non-hydrogen) atoms. The molecule has 4 heteroatoms. The van der Waals surface area contributed by atoms with Gasteiger partial charge in [-0.1, -0.05) is 12.8 Å². The molecule has 88 valence electrons. The Labute approximate surface area is 93.8 Å². The molecule has 2 saturated heterocycles. The summed E-state index contributed by atoms with van der Waals surface area (Å²) in [7, 11) is -0.765. The second kappa shape index (κ2) is 6.63. The SMILES string of the molecule is C(CC[SiH]1CCCCO1)COCC1CO1. The summed E-state index contributed by atoms with van der Waals surface area (Å²) in [4.78, 5) is 0. The Morgan fingerprint density at radius 1 is 1.27 bits per heavy atom. The Morgan fingerprint density at radius 3 is 2.93 bits per heavy atom. The lowest BCUT2D eigenvalue weighted by atomic mass is 10.3. The Balaban J connectivity index is 1.37. The maximum atomic E-state index is 5.81. The zero-order chi connectivity index (χ0) is 10.3. The van der Waals surface area contributed by atoms with Crippen LogP contribution in [0, 0.1) is 0 Å². The minimum atomic E-state index is -0.765. The van der Waals surface area contributed by atoms with E-state index in [9.17, 15) is 0 Å². The molecular weight excluding hydrogens is 208 g/mol. The van der Waals surface area contributed by atoms with E-state index in [0.29, 0.717) is 6.10 Å². The maximum Gasteiger partial charge on any atom is 0.176 e. The molecule has 2 fully saturated rings. The monoisotopic (exact) mass is 230 g/mol. The van der Waals surface area contributed by atoms with Crippen molar-refractivity contribution in [2.45, 2.75) is 43.9 Å². The van der Waals surface area contributed by atoms with Crippen LogP contribution in [0.2, 0.25) is 12.1 Å². The lowest BCUT2D eigenvalue weighted by Crippen LogP contribution is -2.22. The van der Waals surface area contributed by atoms with E-state index in [1.807, 2.05) is 0 Å². The van der Waals surface area contributed by atoms with Crippen molar-refractivity contribution >= 4 is 9.04 Å². The molecule has 0 aromatic heterocycles. The van der Waals surface area contributed by atoms with E-state index in [4.69, 9.17) is 13.9 Å². The molecule has 2 atom stereocenters. The van der Waals surface area contributed by atoms with Crippen molar-refractivity contribution in [2.75, 3.05) is 26.4 Å². The molecule has 0 N–H and O–H groups in total. The van der Waals surface area contributed by atoms with Crippen LogP contribution in [-0.2, 0) is 13.9 Å². The molecule has 0 radical (unpaired) electrons. The predicted molar refractivity (Wildman–Crippen MR) is 61.7 cm³/mol. The number of hydrogen-bond donors (Lipinski definition) is 0. The molecule has 0 aliphatic carbocycles. The summed E-state index contributed by atoms with van der Waals surface area (Å²) in [6.45, 7) is 3.65. The summed E-state index contributed by atoms with van der Waals surface area (Å²) in [5, 5.41) is 0. The molecule has 0 aromatic carbocycles. The first-order valence-electron chi connectivity index (χ1n) is 6.26. The third-order valence-corrected chi connectivity index (χ3v) is 5.86. The molecular formula is C11H22O3Si. The van der Waals surface area contributed by atoms with E-state index in [0.717, 1.165) is 26.4 Å². The summed E-state index contributed by atoms with van der Waals surface area (Å²) in [6.07, 6.45) is 5.60. The van der Waals surface area contributed by atoms with E-state index in [2.05, 4.69) is 0 Å². The number of ether oxygens (including phenoxy) is 2. The molecule has 2 unspecified atom stereocenters. The minimum Gasteiger partial charge on any atom is -0.420 e. The van der Waals surface area contributed by atoms with Gasteiger partial charge in [-0.2, -0.15) is 0 Å². The van der Waals surface area contributed by atoms with E-state index in [1.54, 1.807) is 0 Å². The second-order valence-corrected chi connectivity index (χ2v) is 7.25. The van der Waals surface area contributed by atoms with Gasteiger partial charge in [0, 0.05) is 13.2 Å². The van der Waals surface area contributed by atoms with Crippen molar-refractivity contribution in [3.63, 3.8) is 0 Å². The largest absolute Gasteiger partial charge is 0.420 e. The Bertz CT molecular complexity index is 167. The van der Waals surface area contributed by atoms with Crippen molar-refractivity contribution in [3.8, 4) is 0 Å². The highest BCUT2D eigenvalue weighted by molar-refractivity contribution is 6.51. The zero-order valence-corrected chi connectivity index (χ0v) is 10.6. The van der Waals surface area contributed by atoms with Crippen LogP contribution >= 0.6 is 0 Å². The molecule has 2 rings (SSSR count). The molecule has 0 amide bonds. The molecule has 0 bridgehead atoms. The smallest absolute Gasteiger partial charge is 0.176 e. The fourth-order valence-electron chi connectivity index (χ4n) is 1.99. The fourth-order valence-corrected chi connectivity index (χ4v) is 4.60. The summed E-state index contributed by atoms with van der Waals surface area (Å²) in [5.41, 5.74) is 0. The Morgan fingerprint density at radius 2 is 2.20 bits per heavy atom. The van der Waals surface area contributed by atoms with Crippen molar-refractivity contribution < 1.29 is 13.9 Å². The minimum absolute atomic E-state index is 0.418. The van der Waals surface area contributed by atoms with Crippen LogP contribution in [0.5, 0.6) is 0 Å². The number of unbranched alkanes of at least 4 members (excludes halogenated alkanes) is 1. The van der Waals surface area contributed by atoms with Crippen LogP contribution in [0.15, 0.2) is 0 Å². The van der Waals surface area contributed by atoms with Gasteiger partial charge < -0.3 is 13.9 Å². The third-order valence-electron chi connectivity index (χ3n) is 3.04. The van der Waals surface area contributed by atoms with E-state index < -0.39 is 9.04 Å². The van der Waals surface area contributed by atoms with Crippen LogP contribution in [-0.4, -0.2) is 41.6 Å². The van der Waals surface area contributed by atoms with Gasteiger partial charge in [-0.3, -0.25) is 0 Å². The van der Waals surface area contributed by atoms with E-state index >= 15 is 0 Å². The van der Waals surface area contributed by atoms with Gasteiger partial charge in [0.25, 0.3) is 0 Å². The normalized spacial score (nSPS) is 30.4. The average molecular weight is 230 g/mol. The lowest BCUT2D eigenvalue weighted by molar-refractivity contribution is 0.114. The van der Waals surface area contributed by atoms with Crippen molar-refractivity contribution in [3.05, 3.63) is 0 Å². The maximum absolute atomic E-state index is 5.81. The van der Waals surface area contributed by atoms with Gasteiger partial charge in [0.05, 0.1) is 13.2 Å². The highest BCUT2D eigenvalue weighted by atomic mass is 28.3. The molecule has 0 spiro atoms. The number of rotatable bonds is 7. The highest BCUT2D eigenvalue weighted by Crippen LogP contribution is 2.16. The number of epoxide rings is 1. The topological polar surface area (TPSA) is 31.0 Å². The van der Waals surface area contributed by atoms with Gasteiger partial charge >= 0.3 is 0 Å². The van der Waals surface area contributed by atoms with Crippen LogP contribution in [0.4, 0.5) is 0 Å². The Hall–Kier alpha value is 0.0969. The zero-order valence-electron chi connectivity index (χ0n) is 9.45. The summed E-state index contributed by atoms with van der Waals surface area (Å²) >= 11 is 0. The molecule has 2 aliphatic rings. The van der Waals surface area contributed by atoms with Gasteiger partial charge in [0.2, 0.25) is 0 Å². The van der Waals surface area contributed by atoms with Crippen molar-refractivity contribution in [1.82, 2.24) is 0 Å². The lowest BCUT2D eigenvalue weighted by Gasteiger charge is -2.20. The van der Waals surface area contributed by atoms with Crippen molar-refractivity contribution in [1.29, 1.82) is 0 Å². The first-order chi connectivity index (χ1) is 7.45. The molecule has 2 heterocycles. The van der Waals surface area contributed by atoms with Crippen LogP contribution in [0.3, 0.4) is 0 Å². The van der Waals surface area contributed by atoms with Crippen LogP contribution in [0.25, 0.3) is 0 Å². The highest BCUT2D eigenvalue weighted by Gasteiger charge is 2.22. The molecule has 0 aromatic rings. The van der Waals surface area contributed by atoms with E-state index in [1.165, 1.54) is 37.8 Å². The molecule has 2 aliphatic heterocycles. The van der Waals surface area contributed by atoms with Gasteiger partial charge in [-0.15, -0.1) is 0 Å². The third kappa shape index (κ3) is 5.11.